The van der Waals surface area contributed by atoms with Gasteiger partial charge in [0.15, 0.2) is 0 Å². The Morgan fingerprint density at radius 3 is 2.81 bits per heavy atom. The average Bonchev–Trinajstić information content (AvgIpc) is 2.90. The summed E-state index contributed by atoms with van der Waals surface area (Å²) in [5.74, 6) is 0.183. The average molecular weight is 292 g/mol. The molecule has 21 heavy (non-hydrogen) atoms. The second kappa shape index (κ2) is 6.12. The quantitative estimate of drug-likeness (QED) is 0.898. The van der Waals surface area contributed by atoms with Crippen molar-refractivity contribution in [2.24, 2.45) is 0 Å². The van der Waals surface area contributed by atoms with E-state index in [4.69, 9.17) is 4.74 Å². The number of carbonyl (C=O) groups is 1. The van der Waals surface area contributed by atoms with Gasteiger partial charge in [-0.15, -0.1) is 0 Å². The van der Waals surface area contributed by atoms with Crippen LogP contribution in [0, 0.1) is 5.82 Å². The van der Waals surface area contributed by atoms with E-state index in [1.165, 1.54) is 12.1 Å². The first-order valence-corrected chi connectivity index (χ1v) is 7.52. The Bertz CT molecular complexity index is 500. The van der Waals surface area contributed by atoms with Gasteiger partial charge in [-0.1, -0.05) is 12.1 Å². The molecule has 3 rings (SSSR count). The molecular formula is C16H21FN2O2. The number of carbonyl (C=O) groups excluding carboxylic acids is 1. The number of likely N-dealkylation sites (tertiary alicyclic amines) is 1. The Labute approximate surface area is 124 Å². The number of hydrogen-bond acceptors (Lipinski definition) is 3. The van der Waals surface area contributed by atoms with Crippen molar-refractivity contribution in [3.63, 3.8) is 0 Å². The molecule has 5 heteroatoms. The Balaban J connectivity index is 1.67. The maximum Gasteiger partial charge on any atom is 0.242 e. The van der Waals surface area contributed by atoms with Gasteiger partial charge in [-0.3, -0.25) is 4.79 Å². The minimum absolute atomic E-state index is 0.117. The Kier molecular flexibility index (Phi) is 4.22. The maximum atomic E-state index is 13.0. The van der Waals surface area contributed by atoms with E-state index in [2.05, 4.69) is 12.2 Å². The highest BCUT2D eigenvalue weighted by Gasteiger charge is 2.36. The molecule has 0 unspecified atom stereocenters. The van der Waals surface area contributed by atoms with Crippen molar-refractivity contribution in [3.05, 3.63) is 35.6 Å². The molecule has 0 spiro atoms. The van der Waals surface area contributed by atoms with Crippen LogP contribution in [0.1, 0.15) is 24.8 Å². The minimum atomic E-state index is -0.229. The fourth-order valence-corrected chi connectivity index (χ4v) is 3.24. The smallest absolute Gasteiger partial charge is 0.242 e. The summed E-state index contributed by atoms with van der Waals surface area (Å²) in [6, 6.07) is 6.59. The first-order valence-electron chi connectivity index (χ1n) is 7.52. The SMILES string of the molecule is C[C@@H]1C[C@H](c2ccc(F)cc2)CN1C(=O)[C@@H]1COCCN1. The highest BCUT2D eigenvalue weighted by Crippen LogP contribution is 2.32. The van der Waals surface area contributed by atoms with Gasteiger partial charge in [0.1, 0.15) is 11.9 Å². The molecule has 3 atom stereocenters. The second-order valence-corrected chi connectivity index (χ2v) is 5.91. The highest BCUT2D eigenvalue weighted by molar-refractivity contribution is 5.82. The van der Waals surface area contributed by atoms with Crippen LogP contribution in [0.25, 0.3) is 0 Å². The van der Waals surface area contributed by atoms with E-state index in [-0.39, 0.29) is 29.7 Å². The number of rotatable bonds is 2. The number of amides is 1. The summed E-state index contributed by atoms with van der Waals surface area (Å²) in [4.78, 5) is 14.5. The van der Waals surface area contributed by atoms with E-state index in [1.54, 1.807) is 0 Å². The van der Waals surface area contributed by atoms with Gasteiger partial charge in [-0.25, -0.2) is 4.39 Å². The molecule has 2 heterocycles. The van der Waals surface area contributed by atoms with Crippen molar-refractivity contribution >= 4 is 5.91 Å². The van der Waals surface area contributed by atoms with Crippen molar-refractivity contribution in [1.29, 1.82) is 0 Å². The molecule has 0 radical (unpaired) electrons. The normalized spacial score (nSPS) is 29.6. The van der Waals surface area contributed by atoms with Crippen LogP contribution < -0.4 is 5.32 Å². The zero-order valence-electron chi connectivity index (χ0n) is 12.2. The molecule has 1 aromatic carbocycles. The summed E-state index contributed by atoms with van der Waals surface area (Å²) in [6.45, 7) is 4.61. The van der Waals surface area contributed by atoms with Gasteiger partial charge < -0.3 is 15.0 Å². The number of ether oxygens (including phenoxy) is 1. The number of nitrogens with one attached hydrogen (secondary N) is 1. The largest absolute Gasteiger partial charge is 0.378 e. The van der Waals surface area contributed by atoms with Crippen LogP contribution in [-0.4, -0.2) is 49.2 Å². The standard InChI is InChI=1S/C16H21FN2O2/c1-11-8-13(12-2-4-14(17)5-3-12)9-19(11)16(20)15-10-21-7-6-18-15/h2-5,11,13,15,18H,6-10H2,1H3/t11-,13+,15+/m1/s1. The fourth-order valence-electron chi connectivity index (χ4n) is 3.24. The lowest BCUT2D eigenvalue weighted by molar-refractivity contribution is -0.136. The molecule has 2 saturated heterocycles. The molecule has 0 aliphatic carbocycles. The number of halogens is 1. The van der Waals surface area contributed by atoms with Gasteiger partial charge in [0, 0.05) is 25.0 Å². The van der Waals surface area contributed by atoms with E-state index in [9.17, 15) is 9.18 Å². The van der Waals surface area contributed by atoms with Gasteiger partial charge >= 0.3 is 0 Å². The molecular weight excluding hydrogens is 271 g/mol. The van der Waals surface area contributed by atoms with Crippen molar-refractivity contribution in [2.45, 2.75) is 31.3 Å². The van der Waals surface area contributed by atoms with Crippen molar-refractivity contribution in [1.82, 2.24) is 10.2 Å². The van der Waals surface area contributed by atoms with Crippen LogP contribution in [0.2, 0.25) is 0 Å². The summed E-state index contributed by atoms with van der Waals surface area (Å²) in [6.07, 6.45) is 0.922. The van der Waals surface area contributed by atoms with Crippen LogP contribution in [0.3, 0.4) is 0 Å². The van der Waals surface area contributed by atoms with E-state index in [0.717, 1.165) is 18.5 Å². The number of hydrogen-bond donors (Lipinski definition) is 1. The van der Waals surface area contributed by atoms with Crippen molar-refractivity contribution in [2.75, 3.05) is 26.3 Å². The molecule has 0 saturated carbocycles. The predicted molar refractivity (Wildman–Crippen MR) is 77.5 cm³/mol. The lowest BCUT2D eigenvalue weighted by atomic mass is 9.97. The highest BCUT2D eigenvalue weighted by atomic mass is 19.1. The number of benzene rings is 1. The van der Waals surface area contributed by atoms with Crippen LogP contribution in [-0.2, 0) is 9.53 Å². The molecule has 1 N–H and O–H groups in total. The summed E-state index contributed by atoms with van der Waals surface area (Å²) in [5, 5.41) is 3.21. The van der Waals surface area contributed by atoms with E-state index >= 15 is 0 Å². The molecule has 114 valence electrons. The molecule has 4 nitrogen and oxygen atoms in total. The van der Waals surface area contributed by atoms with Gasteiger partial charge in [-0.05, 0) is 31.0 Å². The molecule has 1 amide bonds. The Morgan fingerprint density at radius 2 is 2.14 bits per heavy atom. The van der Waals surface area contributed by atoms with Crippen molar-refractivity contribution in [3.8, 4) is 0 Å². The van der Waals surface area contributed by atoms with Crippen LogP contribution in [0.5, 0.6) is 0 Å². The van der Waals surface area contributed by atoms with E-state index in [1.807, 2.05) is 17.0 Å². The second-order valence-electron chi connectivity index (χ2n) is 5.91. The summed E-state index contributed by atoms with van der Waals surface area (Å²) in [5.41, 5.74) is 1.10. The topological polar surface area (TPSA) is 41.6 Å². The molecule has 2 fully saturated rings. The van der Waals surface area contributed by atoms with Crippen LogP contribution >= 0.6 is 0 Å². The van der Waals surface area contributed by atoms with Gasteiger partial charge in [0.25, 0.3) is 0 Å². The lowest BCUT2D eigenvalue weighted by Crippen LogP contribution is -2.53. The zero-order chi connectivity index (χ0) is 14.8. The van der Waals surface area contributed by atoms with E-state index < -0.39 is 0 Å². The van der Waals surface area contributed by atoms with Crippen LogP contribution in [0.4, 0.5) is 4.39 Å². The molecule has 0 bridgehead atoms. The third-order valence-electron chi connectivity index (χ3n) is 4.42. The number of morpholine rings is 1. The van der Waals surface area contributed by atoms with Crippen molar-refractivity contribution < 1.29 is 13.9 Å². The van der Waals surface area contributed by atoms with Gasteiger partial charge in [0.2, 0.25) is 5.91 Å². The van der Waals surface area contributed by atoms with E-state index in [0.29, 0.717) is 19.8 Å². The number of nitrogens with zero attached hydrogens (tertiary/aromatic N) is 1. The predicted octanol–water partition coefficient (Wildman–Crippen LogP) is 1.52. The first kappa shape index (κ1) is 14.5. The Hall–Kier alpha value is -1.46. The Morgan fingerprint density at radius 1 is 1.38 bits per heavy atom. The molecule has 0 aromatic heterocycles. The molecule has 1 aromatic rings. The maximum absolute atomic E-state index is 13.0. The third-order valence-corrected chi connectivity index (χ3v) is 4.42. The monoisotopic (exact) mass is 292 g/mol. The van der Waals surface area contributed by atoms with Crippen LogP contribution in [0.15, 0.2) is 24.3 Å². The van der Waals surface area contributed by atoms with Gasteiger partial charge in [-0.2, -0.15) is 0 Å². The summed E-state index contributed by atoms with van der Waals surface area (Å²) in [7, 11) is 0. The molecule has 2 aliphatic rings. The molecule has 2 aliphatic heterocycles. The summed E-state index contributed by atoms with van der Waals surface area (Å²) >= 11 is 0. The first-order chi connectivity index (χ1) is 10.1. The lowest BCUT2D eigenvalue weighted by Gasteiger charge is -2.29. The summed E-state index contributed by atoms with van der Waals surface area (Å²) < 4.78 is 18.4. The minimum Gasteiger partial charge on any atom is -0.378 e. The third kappa shape index (κ3) is 3.09. The fraction of sp³-hybridized carbons (Fsp3) is 0.562. The zero-order valence-corrected chi connectivity index (χ0v) is 12.2. The van der Waals surface area contributed by atoms with Gasteiger partial charge in [0.05, 0.1) is 13.2 Å².